The fraction of sp³-hybridized carbons (Fsp3) is 0.409. The SMILES string of the molecule is COC(=O)C(C(=O)OC)C(/C=C\CNC(=O)c1nc(C#N)c[nH]1)=C/CC1=CCCCC1. The molecule has 0 saturated carbocycles. The Morgan fingerprint density at radius 1 is 1.29 bits per heavy atom. The van der Waals surface area contributed by atoms with Crippen molar-refractivity contribution in [2.45, 2.75) is 32.1 Å². The minimum absolute atomic E-state index is 0.0203. The van der Waals surface area contributed by atoms with Crippen LogP contribution in [0.3, 0.4) is 0 Å². The minimum atomic E-state index is -1.21. The molecule has 0 aliphatic heterocycles. The summed E-state index contributed by atoms with van der Waals surface area (Å²) in [6.07, 6.45) is 13.5. The van der Waals surface area contributed by atoms with Crippen molar-refractivity contribution in [3.63, 3.8) is 0 Å². The lowest BCUT2D eigenvalue weighted by molar-refractivity contribution is -0.156. The van der Waals surface area contributed by atoms with Gasteiger partial charge in [-0.3, -0.25) is 14.4 Å². The molecule has 0 radical (unpaired) electrons. The number of nitrogens with one attached hydrogen (secondary N) is 2. The third-order valence-corrected chi connectivity index (χ3v) is 4.79. The number of H-pyrrole nitrogens is 1. The number of imidazole rings is 1. The van der Waals surface area contributed by atoms with Crippen LogP contribution in [0, 0.1) is 17.2 Å². The largest absolute Gasteiger partial charge is 0.468 e. The van der Waals surface area contributed by atoms with Crippen molar-refractivity contribution < 1.29 is 23.9 Å². The van der Waals surface area contributed by atoms with Crippen LogP contribution >= 0.6 is 0 Å². The molecule has 0 aromatic carbocycles. The molecular formula is C22H26N4O5. The van der Waals surface area contributed by atoms with Crippen LogP contribution in [0.4, 0.5) is 0 Å². The fourth-order valence-electron chi connectivity index (χ4n) is 3.15. The van der Waals surface area contributed by atoms with Crippen molar-refractivity contribution in [1.29, 1.82) is 5.26 Å². The number of aromatic nitrogens is 2. The fourth-order valence-corrected chi connectivity index (χ4v) is 3.15. The number of methoxy groups -OCH3 is 2. The Hall–Kier alpha value is -3.67. The van der Waals surface area contributed by atoms with Gasteiger partial charge in [0.05, 0.1) is 14.2 Å². The van der Waals surface area contributed by atoms with E-state index < -0.39 is 23.8 Å². The molecule has 2 N–H and O–H groups in total. The molecule has 31 heavy (non-hydrogen) atoms. The van der Waals surface area contributed by atoms with Crippen LogP contribution in [0.2, 0.25) is 0 Å². The van der Waals surface area contributed by atoms with E-state index >= 15 is 0 Å². The van der Waals surface area contributed by atoms with Crippen molar-refractivity contribution in [1.82, 2.24) is 15.3 Å². The molecule has 2 rings (SSSR count). The summed E-state index contributed by atoms with van der Waals surface area (Å²) in [5.41, 5.74) is 1.80. The van der Waals surface area contributed by atoms with Gasteiger partial charge in [-0.15, -0.1) is 0 Å². The first-order valence-electron chi connectivity index (χ1n) is 9.94. The molecule has 0 unspecified atom stereocenters. The first-order chi connectivity index (χ1) is 15.0. The number of hydrogen-bond donors (Lipinski definition) is 2. The number of aromatic amines is 1. The summed E-state index contributed by atoms with van der Waals surface area (Å²) in [7, 11) is 2.42. The van der Waals surface area contributed by atoms with Crippen LogP contribution in [0.25, 0.3) is 0 Å². The molecule has 1 amide bonds. The molecule has 0 fully saturated rings. The highest BCUT2D eigenvalue weighted by Crippen LogP contribution is 2.24. The minimum Gasteiger partial charge on any atom is -0.468 e. The highest BCUT2D eigenvalue weighted by atomic mass is 16.5. The van der Waals surface area contributed by atoms with E-state index in [1.54, 1.807) is 12.2 Å². The monoisotopic (exact) mass is 426 g/mol. The van der Waals surface area contributed by atoms with Crippen LogP contribution in [0.15, 0.2) is 41.6 Å². The molecule has 0 atom stereocenters. The molecule has 1 aromatic rings. The quantitative estimate of drug-likeness (QED) is 0.268. The number of nitrogens with zero attached hydrogens (tertiary/aromatic N) is 2. The molecule has 0 spiro atoms. The van der Waals surface area contributed by atoms with E-state index in [2.05, 4.69) is 21.4 Å². The van der Waals surface area contributed by atoms with Crippen molar-refractivity contribution in [3.8, 4) is 6.07 Å². The maximum absolute atomic E-state index is 12.2. The van der Waals surface area contributed by atoms with Gasteiger partial charge in [-0.25, -0.2) is 4.98 Å². The molecule has 1 aliphatic rings. The van der Waals surface area contributed by atoms with Gasteiger partial charge in [-0.1, -0.05) is 29.9 Å². The summed E-state index contributed by atoms with van der Waals surface area (Å²) in [5, 5.41) is 11.4. The normalized spacial score (nSPS) is 14.1. The standard InChI is InChI=1S/C22H26N4O5/c1-30-21(28)18(22(29)31-2)16(11-10-15-7-4-3-5-8-15)9-6-12-24-20(27)19-25-14-17(13-23)26-19/h6-7,9,11,14,18H,3-5,8,10,12H2,1-2H3,(H,24,27)(H,25,26)/b9-6-,16-11+. The van der Waals surface area contributed by atoms with Crippen LogP contribution in [-0.4, -0.2) is 48.6 Å². The number of rotatable bonds is 9. The van der Waals surface area contributed by atoms with Crippen molar-refractivity contribution in [2.75, 3.05) is 20.8 Å². The lowest BCUT2D eigenvalue weighted by atomic mass is 9.93. The molecular weight excluding hydrogens is 400 g/mol. The predicted octanol–water partition coefficient (Wildman–Crippen LogP) is 2.35. The van der Waals surface area contributed by atoms with Gasteiger partial charge in [0.2, 0.25) is 0 Å². The second-order valence-electron chi connectivity index (χ2n) is 6.85. The van der Waals surface area contributed by atoms with Gasteiger partial charge in [0.15, 0.2) is 17.4 Å². The maximum atomic E-state index is 12.2. The van der Waals surface area contributed by atoms with Gasteiger partial charge in [0.1, 0.15) is 6.07 Å². The summed E-state index contributed by atoms with van der Waals surface area (Å²) in [4.78, 5) is 43.0. The average molecular weight is 426 g/mol. The van der Waals surface area contributed by atoms with E-state index in [9.17, 15) is 14.4 Å². The summed E-state index contributed by atoms with van der Waals surface area (Å²) in [6.45, 7) is 0.122. The zero-order valence-corrected chi connectivity index (χ0v) is 17.6. The van der Waals surface area contributed by atoms with Crippen molar-refractivity contribution >= 4 is 17.8 Å². The van der Waals surface area contributed by atoms with Gasteiger partial charge in [0.25, 0.3) is 5.91 Å². The molecule has 1 heterocycles. The van der Waals surface area contributed by atoms with Crippen molar-refractivity contribution in [3.05, 3.63) is 53.2 Å². The Morgan fingerprint density at radius 3 is 2.61 bits per heavy atom. The molecule has 9 heteroatoms. The van der Waals surface area contributed by atoms with Crippen LogP contribution in [-0.2, 0) is 19.1 Å². The second-order valence-corrected chi connectivity index (χ2v) is 6.85. The molecule has 164 valence electrons. The Bertz CT molecular complexity index is 920. The van der Waals surface area contributed by atoms with E-state index in [0.717, 1.165) is 25.7 Å². The summed E-state index contributed by atoms with van der Waals surface area (Å²) < 4.78 is 9.57. The van der Waals surface area contributed by atoms with E-state index in [1.165, 1.54) is 26.0 Å². The van der Waals surface area contributed by atoms with Gasteiger partial charge in [0, 0.05) is 12.7 Å². The van der Waals surface area contributed by atoms with E-state index in [-0.39, 0.29) is 18.1 Å². The third-order valence-electron chi connectivity index (χ3n) is 4.79. The van der Waals surface area contributed by atoms with E-state index in [0.29, 0.717) is 12.0 Å². The third kappa shape index (κ3) is 6.96. The maximum Gasteiger partial charge on any atom is 0.324 e. The zero-order valence-electron chi connectivity index (χ0n) is 17.6. The topological polar surface area (TPSA) is 134 Å². The lowest BCUT2D eigenvalue weighted by Crippen LogP contribution is -2.28. The van der Waals surface area contributed by atoms with Crippen LogP contribution < -0.4 is 5.32 Å². The Kier molecular flexibility index (Phi) is 9.23. The Balaban J connectivity index is 2.13. The van der Waals surface area contributed by atoms with Crippen LogP contribution in [0.5, 0.6) is 0 Å². The van der Waals surface area contributed by atoms with E-state index in [1.807, 2.05) is 12.1 Å². The molecule has 0 bridgehead atoms. The first-order valence-corrected chi connectivity index (χ1v) is 9.94. The summed E-state index contributed by atoms with van der Waals surface area (Å²) >= 11 is 0. The highest BCUT2D eigenvalue weighted by Gasteiger charge is 2.31. The smallest absolute Gasteiger partial charge is 0.324 e. The first kappa shape index (κ1) is 23.6. The Morgan fingerprint density at radius 2 is 2.03 bits per heavy atom. The molecule has 1 aromatic heterocycles. The Labute approximate surface area is 180 Å². The number of nitriles is 1. The van der Waals surface area contributed by atoms with Gasteiger partial charge >= 0.3 is 11.9 Å². The number of esters is 2. The summed E-state index contributed by atoms with van der Waals surface area (Å²) in [6, 6.07) is 1.83. The number of carbonyl (C=O) groups excluding carboxylic acids is 3. The number of amides is 1. The summed E-state index contributed by atoms with van der Waals surface area (Å²) in [5.74, 6) is -3.11. The lowest BCUT2D eigenvalue weighted by Gasteiger charge is -2.15. The van der Waals surface area contributed by atoms with Gasteiger partial charge < -0.3 is 19.8 Å². The van der Waals surface area contributed by atoms with Gasteiger partial charge in [-0.05, 0) is 37.7 Å². The highest BCUT2D eigenvalue weighted by molar-refractivity contribution is 5.98. The zero-order chi connectivity index (χ0) is 22.6. The second kappa shape index (κ2) is 12.1. The number of hydrogen-bond acceptors (Lipinski definition) is 7. The molecule has 1 aliphatic carbocycles. The molecule has 0 saturated heterocycles. The van der Waals surface area contributed by atoms with E-state index in [4.69, 9.17) is 14.7 Å². The molecule has 9 nitrogen and oxygen atoms in total. The number of ether oxygens (including phenoxy) is 2. The number of carbonyl (C=O) groups is 3. The average Bonchev–Trinajstić information content (AvgIpc) is 3.29. The van der Waals surface area contributed by atoms with Gasteiger partial charge in [-0.2, -0.15) is 5.26 Å². The number of allylic oxidation sites excluding steroid dienone is 4. The van der Waals surface area contributed by atoms with Crippen LogP contribution in [0.1, 0.15) is 48.4 Å². The van der Waals surface area contributed by atoms with Crippen molar-refractivity contribution in [2.24, 2.45) is 5.92 Å². The predicted molar refractivity (Wildman–Crippen MR) is 112 cm³/mol.